The molecular formula is C21H24ClFN4O2. The van der Waals surface area contributed by atoms with Crippen molar-refractivity contribution in [1.29, 1.82) is 0 Å². The Bertz CT molecular complexity index is 1030. The van der Waals surface area contributed by atoms with Crippen LogP contribution in [0.3, 0.4) is 0 Å². The molecule has 0 aliphatic rings. The number of hydrogen-bond acceptors (Lipinski definition) is 5. The molecule has 1 aromatic carbocycles. The lowest BCUT2D eigenvalue weighted by atomic mass is 10.0. The Morgan fingerprint density at radius 1 is 1.34 bits per heavy atom. The topological polar surface area (TPSA) is 68.5 Å². The summed E-state index contributed by atoms with van der Waals surface area (Å²) in [6, 6.07) is 6.43. The Hall–Kier alpha value is -2.67. The first-order chi connectivity index (χ1) is 13.8. The number of nitrogens with zero attached hydrogens (tertiary/aromatic N) is 3. The van der Waals surface area contributed by atoms with Crippen molar-refractivity contribution in [2.24, 2.45) is 5.92 Å². The number of carbonyl (C=O) groups excluding carboxylic acids is 1. The number of fused-ring (bicyclic) bond motifs is 1. The van der Waals surface area contributed by atoms with Crippen molar-refractivity contribution in [2.45, 2.75) is 40.2 Å². The van der Waals surface area contributed by atoms with Gasteiger partial charge in [0, 0.05) is 18.0 Å². The SMILES string of the molecule is CCOC(=O)c1cnn2c(NC(C)C(C)C)c(Cc3cccc(F)c3)c(Cl)nc12. The number of nitrogens with one attached hydrogen (secondary N) is 1. The van der Waals surface area contributed by atoms with E-state index in [0.29, 0.717) is 29.4 Å². The summed E-state index contributed by atoms with van der Waals surface area (Å²) in [5.41, 5.74) is 1.99. The van der Waals surface area contributed by atoms with E-state index in [4.69, 9.17) is 16.3 Å². The predicted molar refractivity (Wildman–Crippen MR) is 111 cm³/mol. The summed E-state index contributed by atoms with van der Waals surface area (Å²) in [4.78, 5) is 16.7. The molecule has 3 aromatic rings. The van der Waals surface area contributed by atoms with Crippen molar-refractivity contribution < 1.29 is 13.9 Å². The lowest BCUT2D eigenvalue weighted by Gasteiger charge is -2.22. The highest BCUT2D eigenvalue weighted by Gasteiger charge is 2.23. The van der Waals surface area contributed by atoms with Gasteiger partial charge in [-0.05, 0) is 37.5 Å². The highest BCUT2D eigenvalue weighted by atomic mass is 35.5. The average molecular weight is 419 g/mol. The van der Waals surface area contributed by atoms with Gasteiger partial charge in [-0.1, -0.05) is 37.6 Å². The van der Waals surface area contributed by atoms with Gasteiger partial charge in [0.15, 0.2) is 5.65 Å². The quantitative estimate of drug-likeness (QED) is 0.443. The van der Waals surface area contributed by atoms with Gasteiger partial charge >= 0.3 is 5.97 Å². The molecular weight excluding hydrogens is 395 g/mol. The summed E-state index contributed by atoms with van der Waals surface area (Å²) in [5, 5.41) is 8.02. The van der Waals surface area contributed by atoms with Gasteiger partial charge in [0.25, 0.3) is 0 Å². The second-order valence-corrected chi connectivity index (χ2v) is 7.59. The van der Waals surface area contributed by atoms with E-state index >= 15 is 0 Å². The third-order valence-corrected chi connectivity index (χ3v) is 5.14. The monoisotopic (exact) mass is 418 g/mol. The summed E-state index contributed by atoms with van der Waals surface area (Å²) in [7, 11) is 0. The van der Waals surface area contributed by atoms with E-state index in [1.807, 2.05) is 13.0 Å². The molecule has 154 valence electrons. The summed E-state index contributed by atoms with van der Waals surface area (Å²) in [6.45, 7) is 8.22. The number of hydrogen-bond donors (Lipinski definition) is 1. The number of anilines is 1. The molecule has 2 aromatic heterocycles. The second-order valence-electron chi connectivity index (χ2n) is 7.23. The van der Waals surface area contributed by atoms with Gasteiger partial charge in [-0.3, -0.25) is 0 Å². The maximum absolute atomic E-state index is 13.7. The Balaban J connectivity index is 2.15. The molecule has 6 nitrogen and oxygen atoms in total. The van der Waals surface area contributed by atoms with Gasteiger partial charge in [0.2, 0.25) is 0 Å². The molecule has 0 fully saturated rings. The van der Waals surface area contributed by atoms with Crippen LogP contribution >= 0.6 is 11.6 Å². The van der Waals surface area contributed by atoms with Gasteiger partial charge in [0.1, 0.15) is 22.4 Å². The van der Waals surface area contributed by atoms with Crippen molar-refractivity contribution in [2.75, 3.05) is 11.9 Å². The largest absolute Gasteiger partial charge is 0.462 e. The Kier molecular flexibility index (Phi) is 6.37. The zero-order valence-corrected chi connectivity index (χ0v) is 17.6. The van der Waals surface area contributed by atoms with E-state index in [1.54, 1.807) is 17.5 Å². The minimum Gasteiger partial charge on any atom is -0.462 e. The zero-order valence-electron chi connectivity index (χ0n) is 16.9. The van der Waals surface area contributed by atoms with Gasteiger partial charge in [-0.2, -0.15) is 9.61 Å². The molecule has 1 N–H and O–H groups in total. The molecule has 1 atom stereocenters. The molecule has 3 rings (SSSR count). The Labute approximate surface area is 174 Å². The molecule has 1 unspecified atom stereocenters. The van der Waals surface area contributed by atoms with Crippen LogP contribution in [-0.4, -0.2) is 33.2 Å². The fourth-order valence-corrected chi connectivity index (χ4v) is 3.13. The first-order valence-electron chi connectivity index (χ1n) is 9.56. The maximum Gasteiger partial charge on any atom is 0.343 e. The number of rotatable bonds is 7. The third-order valence-electron chi connectivity index (χ3n) is 4.82. The van der Waals surface area contributed by atoms with E-state index in [1.165, 1.54) is 18.3 Å². The normalized spacial score (nSPS) is 12.4. The highest BCUT2D eigenvalue weighted by Crippen LogP contribution is 2.29. The minimum absolute atomic E-state index is 0.0955. The fourth-order valence-electron chi connectivity index (χ4n) is 2.89. The zero-order chi connectivity index (χ0) is 21.1. The predicted octanol–water partition coefficient (Wildman–Crippen LogP) is 4.75. The number of ether oxygens (including phenoxy) is 1. The van der Waals surface area contributed by atoms with Crippen LogP contribution in [-0.2, 0) is 11.2 Å². The van der Waals surface area contributed by atoms with Crippen LogP contribution in [0.4, 0.5) is 10.2 Å². The number of benzene rings is 1. The standard InChI is InChI=1S/C21H24ClFN4O2/c1-5-29-21(28)17-11-24-27-19(25-13(4)12(2)3)16(18(22)26-20(17)27)10-14-7-6-8-15(23)9-14/h6-9,11-13,25H,5,10H2,1-4H3. The lowest BCUT2D eigenvalue weighted by molar-refractivity contribution is 0.0528. The van der Waals surface area contributed by atoms with E-state index < -0.39 is 5.97 Å². The lowest BCUT2D eigenvalue weighted by Crippen LogP contribution is -2.24. The number of halogens is 2. The molecule has 29 heavy (non-hydrogen) atoms. The molecule has 0 amide bonds. The molecule has 0 radical (unpaired) electrons. The Morgan fingerprint density at radius 3 is 2.76 bits per heavy atom. The summed E-state index contributed by atoms with van der Waals surface area (Å²) in [6.07, 6.45) is 1.79. The smallest absolute Gasteiger partial charge is 0.343 e. The van der Waals surface area contributed by atoms with Crippen molar-refractivity contribution in [3.05, 3.63) is 58.1 Å². The molecule has 0 aliphatic carbocycles. The molecule has 0 spiro atoms. The van der Waals surface area contributed by atoms with Crippen molar-refractivity contribution in [3.63, 3.8) is 0 Å². The summed E-state index contributed by atoms with van der Waals surface area (Å²) < 4.78 is 20.3. The van der Waals surface area contributed by atoms with Crippen LogP contribution in [0, 0.1) is 11.7 Å². The van der Waals surface area contributed by atoms with Crippen molar-refractivity contribution in [3.8, 4) is 0 Å². The first-order valence-corrected chi connectivity index (χ1v) is 9.93. The number of esters is 1. The molecule has 2 heterocycles. The van der Waals surface area contributed by atoms with Crippen LogP contribution in [0.25, 0.3) is 5.65 Å². The van der Waals surface area contributed by atoms with Crippen LogP contribution in [0.2, 0.25) is 5.15 Å². The molecule has 0 saturated carbocycles. The van der Waals surface area contributed by atoms with Gasteiger partial charge in [-0.25, -0.2) is 14.2 Å². The van der Waals surface area contributed by atoms with Gasteiger partial charge < -0.3 is 10.1 Å². The molecule has 0 bridgehead atoms. The number of aromatic nitrogens is 3. The maximum atomic E-state index is 13.7. The van der Waals surface area contributed by atoms with Crippen molar-refractivity contribution in [1.82, 2.24) is 14.6 Å². The molecule has 8 heteroatoms. The fraction of sp³-hybridized carbons (Fsp3) is 0.381. The van der Waals surface area contributed by atoms with Gasteiger partial charge in [0.05, 0.1) is 12.8 Å². The third kappa shape index (κ3) is 4.50. The van der Waals surface area contributed by atoms with Crippen molar-refractivity contribution >= 4 is 29.0 Å². The van der Waals surface area contributed by atoms with E-state index in [9.17, 15) is 9.18 Å². The van der Waals surface area contributed by atoms with E-state index in [-0.39, 0.29) is 29.2 Å². The minimum atomic E-state index is -0.508. The van der Waals surface area contributed by atoms with E-state index in [2.05, 4.69) is 29.2 Å². The van der Waals surface area contributed by atoms with Crippen LogP contribution in [0.1, 0.15) is 49.2 Å². The van der Waals surface area contributed by atoms with E-state index in [0.717, 1.165) is 5.56 Å². The summed E-state index contributed by atoms with van der Waals surface area (Å²) >= 11 is 6.53. The second kappa shape index (κ2) is 8.78. The Morgan fingerprint density at radius 2 is 2.10 bits per heavy atom. The van der Waals surface area contributed by atoms with Crippen LogP contribution in [0.15, 0.2) is 30.5 Å². The van der Waals surface area contributed by atoms with Crippen LogP contribution in [0.5, 0.6) is 0 Å². The first kappa shape index (κ1) is 21.0. The molecule has 0 saturated heterocycles. The van der Waals surface area contributed by atoms with Crippen LogP contribution < -0.4 is 5.32 Å². The highest BCUT2D eigenvalue weighted by molar-refractivity contribution is 6.30. The average Bonchev–Trinajstić information content (AvgIpc) is 3.08. The summed E-state index contributed by atoms with van der Waals surface area (Å²) in [5.74, 6) is 0.133. The molecule has 0 aliphatic heterocycles. The van der Waals surface area contributed by atoms with Gasteiger partial charge in [-0.15, -0.1) is 0 Å². The number of carbonyl (C=O) groups is 1.